The summed E-state index contributed by atoms with van der Waals surface area (Å²) >= 11 is 13.1. The van der Waals surface area contributed by atoms with Gasteiger partial charge < -0.3 is 10.6 Å². The van der Waals surface area contributed by atoms with Gasteiger partial charge in [-0.3, -0.25) is 24.7 Å². The molecule has 1 unspecified atom stereocenters. The Kier molecular flexibility index (Phi) is 7.67. The maximum atomic E-state index is 13.3. The van der Waals surface area contributed by atoms with Crippen LogP contribution in [0.4, 0.5) is 11.5 Å². The third-order valence-electron chi connectivity index (χ3n) is 6.37. The minimum absolute atomic E-state index is 0.0611. The molecular formula is C25H23ClN6O4S3. The number of anilines is 2. The van der Waals surface area contributed by atoms with Gasteiger partial charge in [-0.25, -0.2) is 13.4 Å². The summed E-state index contributed by atoms with van der Waals surface area (Å²) < 4.78 is 27.9. The summed E-state index contributed by atoms with van der Waals surface area (Å²) in [6.07, 6.45) is 1.93. The molecule has 1 amide bonds. The molecular weight excluding hydrogens is 580 g/mol. The highest BCUT2D eigenvalue weighted by Crippen LogP contribution is 2.39. The average Bonchev–Trinajstić information content (AvgIpc) is 3.31. The predicted octanol–water partition coefficient (Wildman–Crippen LogP) is 3.22. The highest BCUT2D eigenvalue weighted by molar-refractivity contribution is 8.14. The van der Waals surface area contributed by atoms with Gasteiger partial charge in [-0.05, 0) is 42.4 Å². The predicted molar refractivity (Wildman–Crippen MR) is 155 cm³/mol. The fourth-order valence-corrected chi connectivity index (χ4v) is 7.15. The molecule has 4 N–H and O–H groups in total. The molecule has 2 aliphatic heterocycles. The molecule has 1 aromatic heterocycles. The number of thioether (sulfide) groups is 1. The summed E-state index contributed by atoms with van der Waals surface area (Å²) in [5.74, 6) is 0.455. The van der Waals surface area contributed by atoms with E-state index in [9.17, 15) is 18.0 Å². The molecule has 5 rings (SSSR count). The van der Waals surface area contributed by atoms with Crippen LogP contribution < -0.4 is 25.8 Å². The van der Waals surface area contributed by atoms with E-state index in [1.165, 1.54) is 35.4 Å². The number of amides is 1. The van der Waals surface area contributed by atoms with Crippen molar-refractivity contribution in [1.82, 2.24) is 21.0 Å². The Labute approximate surface area is 239 Å². The van der Waals surface area contributed by atoms with Crippen LogP contribution in [0.1, 0.15) is 33.9 Å². The molecule has 3 heterocycles. The number of hydrogen-bond donors (Lipinski definition) is 4. The van der Waals surface area contributed by atoms with Gasteiger partial charge in [-0.2, -0.15) is 0 Å². The highest BCUT2D eigenvalue weighted by Gasteiger charge is 2.35. The number of sulfonamides is 1. The monoisotopic (exact) mass is 602 g/mol. The van der Waals surface area contributed by atoms with Crippen LogP contribution in [-0.4, -0.2) is 48.4 Å². The zero-order valence-corrected chi connectivity index (χ0v) is 23.7. The Morgan fingerprint density at radius 1 is 1.13 bits per heavy atom. The molecule has 10 nitrogen and oxygen atoms in total. The van der Waals surface area contributed by atoms with Gasteiger partial charge in [0.15, 0.2) is 10.9 Å². The van der Waals surface area contributed by atoms with Crippen LogP contribution in [0.25, 0.3) is 0 Å². The Bertz CT molecular complexity index is 1590. The lowest BCUT2D eigenvalue weighted by molar-refractivity contribution is -0.112. The number of thiocarbonyl (C=S) groups is 1. The zero-order valence-electron chi connectivity index (χ0n) is 20.5. The van der Waals surface area contributed by atoms with Crippen LogP contribution in [0.2, 0.25) is 5.02 Å². The van der Waals surface area contributed by atoms with Crippen molar-refractivity contribution in [2.45, 2.75) is 23.4 Å². The van der Waals surface area contributed by atoms with E-state index in [2.05, 4.69) is 26.5 Å². The van der Waals surface area contributed by atoms with E-state index in [0.29, 0.717) is 23.4 Å². The van der Waals surface area contributed by atoms with Crippen LogP contribution in [-0.2, 0) is 14.8 Å². The second-order valence-electron chi connectivity index (χ2n) is 8.76. The number of para-hydroxylation sites is 1. The van der Waals surface area contributed by atoms with Crippen molar-refractivity contribution in [3.05, 3.63) is 82.5 Å². The van der Waals surface area contributed by atoms with Crippen molar-refractivity contribution in [1.29, 1.82) is 0 Å². The number of carbonyl (C=O) groups excluding carboxylic acids is 2. The minimum Gasteiger partial charge on any atom is -0.350 e. The molecule has 0 radical (unpaired) electrons. The van der Waals surface area contributed by atoms with E-state index < -0.39 is 28.0 Å². The standard InChI is InChI=1S/C25H23ClN6O4S3/c1-32-19-8-4-2-6-15(19)21(16-7-3-5-9-20(16)39(32,35)36)29-25(37)31-30-22-17(26)12-14(13-27-22)23(33)28-18-10-11-38-24(18)34/h2-9,12-13,18,21H,10-11H2,1H3,(H,27,30)(H,28,33)(H2,29,31,37)/t18-,21?/m1/s1. The Morgan fingerprint density at radius 3 is 2.56 bits per heavy atom. The van der Waals surface area contributed by atoms with Crippen LogP contribution in [0.15, 0.2) is 65.7 Å². The van der Waals surface area contributed by atoms with Gasteiger partial charge in [-0.1, -0.05) is 59.8 Å². The van der Waals surface area contributed by atoms with Gasteiger partial charge in [0.2, 0.25) is 5.12 Å². The van der Waals surface area contributed by atoms with Crippen LogP contribution in [0.3, 0.4) is 0 Å². The molecule has 1 saturated heterocycles. The summed E-state index contributed by atoms with van der Waals surface area (Å²) in [5.41, 5.74) is 7.66. The van der Waals surface area contributed by atoms with Crippen molar-refractivity contribution in [2.75, 3.05) is 22.5 Å². The lowest BCUT2D eigenvalue weighted by atomic mass is 9.97. The van der Waals surface area contributed by atoms with Gasteiger partial charge in [0.25, 0.3) is 15.9 Å². The smallest absolute Gasteiger partial charge is 0.264 e. The molecule has 1 fully saturated rings. The lowest BCUT2D eigenvalue weighted by Gasteiger charge is -2.23. The van der Waals surface area contributed by atoms with E-state index in [0.717, 1.165) is 5.56 Å². The maximum Gasteiger partial charge on any atom is 0.264 e. The molecule has 0 spiro atoms. The van der Waals surface area contributed by atoms with Crippen molar-refractivity contribution in [3.63, 3.8) is 0 Å². The molecule has 2 atom stereocenters. The lowest BCUT2D eigenvalue weighted by Crippen LogP contribution is -2.41. The summed E-state index contributed by atoms with van der Waals surface area (Å²) in [6.45, 7) is 0. The van der Waals surface area contributed by atoms with Crippen LogP contribution in [0, 0.1) is 0 Å². The Hall–Kier alpha value is -3.39. The fourth-order valence-electron chi connectivity index (χ4n) is 4.38. The Balaban J connectivity index is 1.32. The first-order valence-electron chi connectivity index (χ1n) is 11.8. The molecule has 14 heteroatoms. The number of hydrogen-bond acceptors (Lipinski definition) is 8. The second kappa shape index (κ2) is 11.0. The quantitative estimate of drug-likeness (QED) is 0.255. The number of aromatic nitrogens is 1. The van der Waals surface area contributed by atoms with Gasteiger partial charge in [0.05, 0.1) is 33.3 Å². The molecule has 0 saturated carbocycles. The first-order valence-corrected chi connectivity index (χ1v) is 15.0. The van der Waals surface area contributed by atoms with Crippen molar-refractivity contribution in [2.24, 2.45) is 0 Å². The number of fused-ring (bicyclic) bond motifs is 2. The number of hydrazine groups is 1. The van der Waals surface area contributed by atoms with Gasteiger partial charge >= 0.3 is 0 Å². The van der Waals surface area contributed by atoms with Gasteiger partial charge in [0.1, 0.15) is 0 Å². The number of rotatable bonds is 5. The van der Waals surface area contributed by atoms with Crippen molar-refractivity contribution >= 4 is 73.2 Å². The first-order chi connectivity index (χ1) is 18.7. The number of nitrogens with one attached hydrogen (secondary N) is 4. The first kappa shape index (κ1) is 27.2. The van der Waals surface area contributed by atoms with Crippen molar-refractivity contribution in [3.8, 4) is 0 Å². The van der Waals surface area contributed by atoms with E-state index in [1.54, 1.807) is 36.4 Å². The van der Waals surface area contributed by atoms with Crippen LogP contribution in [0.5, 0.6) is 0 Å². The molecule has 2 aromatic carbocycles. The number of carbonyl (C=O) groups is 2. The summed E-state index contributed by atoms with van der Waals surface area (Å²) in [6, 6.07) is 14.3. The number of benzene rings is 2. The molecule has 2 aliphatic rings. The number of pyridine rings is 1. The maximum absolute atomic E-state index is 13.3. The van der Waals surface area contributed by atoms with E-state index in [-0.39, 0.29) is 31.5 Å². The van der Waals surface area contributed by atoms with E-state index >= 15 is 0 Å². The third kappa shape index (κ3) is 5.39. The largest absolute Gasteiger partial charge is 0.350 e. The Morgan fingerprint density at radius 2 is 1.85 bits per heavy atom. The van der Waals surface area contributed by atoms with E-state index in [1.807, 2.05) is 12.1 Å². The van der Waals surface area contributed by atoms with Crippen LogP contribution >= 0.6 is 35.6 Å². The summed E-state index contributed by atoms with van der Waals surface area (Å²) in [7, 11) is -2.27. The SMILES string of the molecule is CN1c2ccccc2C(NC(=S)NNc2ncc(C(=O)N[C@@H]3CCSC3=O)cc2Cl)c2ccccc2S1(=O)=O. The number of halogens is 1. The summed E-state index contributed by atoms with van der Waals surface area (Å²) in [5, 5.41) is 6.14. The normalized spacial score (nSPS) is 19.3. The van der Waals surface area contributed by atoms with E-state index in [4.69, 9.17) is 23.8 Å². The molecule has 0 bridgehead atoms. The third-order valence-corrected chi connectivity index (χ3v) is 9.73. The minimum atomic E-state index is -3.79. The number of nitrogens with zero attached hydrogens (tertiary/aromatic N) is 2. The zero-order chi connectivity index (χ0) is 27.7. The van der Waals surface area contributed by atoms with Gasteiger partial charge in [0, 0.05) is 24.6 Å². The molecule has 202 valence electrons. The topological polar surface area (TPSA) is 133 Å². The molecule has 39 heavy (non-hydrogen) atoms. The van der Waals surface area contributed by atoms with Gasteiger partial charge in [-0.15, -0.1) is 0 Å². The van der Waals surface area contributed by atoms with Crippen molar-refractivity contribution < 1.29 is 18.0 Å². The second-order valence-corrected chi connectivity index (χ2v) is 12.6. The summed E-state index contributed by atoms with van der Waals surface area (Å²) in [4.78, 5) is 28.7. The highest BCUT2D eigenvalue weighted by atomic mass is 35.5. The fraction of sp³-hybridized carbons (Fsp3) is 0.200. The molecule has 0 aliphatic carbocycles. The average molecular weight is 603 g/mol. The molecule has 3 aromatic rings.